The van der Waals surface area contributed by atoms with E-state index >= 15 is 0 Å². The zero-order chi connectivity index (χ0) is 15.1. The van der Waals surface area contributed by atoms with Gasteiger partial charge in [-0.3, -0.25) is 5.43 Å². The zero-order valence-corrected chi connectivity index (χ0v) is 13.4. The molecule has 0 spiro atoms. The Labute approximate surface area is 129 Å². The summed E-state index contributed by atoms with van der Waals surface area (Å²) in [6, 6.07) is 3.75. The van der Waals surface area contributed by atoms with E-state index < -0.39 is 0 Å². The van der Waals surface area contributed by atoms with Gasteiger partial charge in [-0.05, 0) is 43.8 Å². The van der Waals surface area contributed by atoms with Gasteiger partial charge in [0.2, 0.25) is 0 Å². The molecule has 110 valence electrons. The van der Waals surface area contributed by atoms with Crippen molar-refractivity contribution in [1.82, 2.24) is 10.7 Å². The van der Waals surface area contributed by atoms with Gasteiger partial charge in [-0.1, -0.05) is 11.6 Å². The predicted molar refractivity (Wildman–Crippen MR) is 86.2 cm³/mol. The number of methoxy groups -OCH3 is 2. The molecule has 0 unspecified atom stereocenters. The fraction of sp³-hybridized carbons (Fsp3) is 0.385. The summed E-state index contributed by atoms with van der Waals surface area (Å²) in [6.45, 7) is 3.98. The average Bonchev–Trinajstić information content (AvgIpc) is 2.37. The topological polar surface area (TPSA) is 54.9 Å². The summed E-state index contributed by atoms with van der Waals surface area (Å²) in [4.78, 5) is 0. The fourth-order valence-electron chi connectivity index (χ4n) is 1.47. The number of nitrogens with zero attached hydrogens (tertiary/aromatic N) is 1. The van der Waals surface area contributed by atoms with E-state index in [2.05, 4.69) is 15.8 Å². The van der Waals surface area contributed by atoms with Crippen LogP contribution in [0.25, 0.3) is 0 Å². The highest BCUT2D eigenvalue weighted by atomic mass is 35.5. The van der Waals surface area contributed by atoms with Crippen LogP contribution in [0.15, 0.2) is 17.2 Å². The van der Waals surface area contributed by atoms with E-state index in [4.69, 9.17) is 33.3 Å². The monoisotopic (exact) mass is 315 g/mol. The first-order valence-corrected chi connectivity index (χ1v) is 6.77. The summed E-state index contributed by atoms with van der Waals surface area (Å²) in [6.07, 6.45) is 1.60. The first kappa shape index (κ1) is 16.5. The fourth-order valence-corrected chi connectivity index (χ4v) is 2.06. The van der Waals surface area contributed by atoms with Crippen molar-refractivity contribution in [3.63, 3.8) is 0 Å². The van der Waals surface area contributed by atoms with Crippen LogP contribution in [-0.4, -0.2) is 31.6 Å². The lowest BCUT2D eigenvalue weighted by atomic mass is 10.2. The summed E-state index contributed by atoms with van der Waals surface area (Å²) in [5.74, 6) is 1.04. The Morgan fingerprint density at radius 2 is 2.05 bits per heavy atom. The van der Waals surface area contributed by atoms with Crippen LogP contribution in [0.4, 0.5) is 0 Å². The number of thiocarbonyl (C=S) groups is 1. The number of hydrogen-bond acceptors (Lipinski definition) is 4. The van der Waals surface area contributed by atoms with E-state index in [0.29, 0.717) is 21.6 Å². The van der Waals surface area contributed by atoms with Crippen LogP contribution in [0.5, 0.6) is 11.5 Å². The molecule has 5 nitrogen and oxygen atoms in total. The Kier molecular flexibility index (Phi) is 6.54. The number of rotatable bonds is 5. The van der Waals surface area contributed by atoms with Gasteiger partial charge in [-0.15, -0.1) is 0 Å². The molecule has 0 saturated heterocycles. The number of halogens is 1. The Hall–Kier alpha value is -1.53. The van der Waals surface area contributed by atoms with Gasteiger partial charge in [0.1, 0.15) is 0 Å². The molecule has 0 aliphatic rings. The molecule has 0 fully saturated rings. The minimum Gasteiger partial charge on any atom is -0.493 e. The summed E-state index contributed by atoms with van der Waals surface area (Å²) >= 11 is 11.2. The molecule has 0 aromatic heterocycles. The lowest BCUT2D eigenvalue weighted by Gasteiger charge is -2.11. The highest BCUT2D eigenvalue weighted by Crippen LogP contribution is 2.35. The summed E-state index contributed by atoms with van der Waals surface area (Å²) in [5.41, 5.74) is 3.49. The van der Waals surface area contributed by atoms with Crippen molar-refractivity contribution in [2.75, 3.05) is 14.2 Å². The van der Waals surface area contributed by atoms with Crippen LogP contribution in [0, 0.1) is 0 Å². The molecule has 0 amide bonds. The molecular formula is C13H18ClN3O2S. The smallest absolute Gasteiger partial charge is 0.187 e. The molecule has 20 heavy (non-hydrogen) atoms. The molecule has 0 saturated carbocycles. The normalized spacial score (nSPS) is 10.7. The van der Waals surface area contributed by atoms with Crippen molar-refractivity contribution in [2.24, 2.45) is 5.10 Å². The average molecular weight is 316 g/mol. The van der Waals surface area contributed by atoms with E-state index in [9.17, 15) is 0 Å². The van der Waals surface area contributed by atoms with Gasteiger partial charge in [0.05, 0.1) is 25.5 Å². The van der Waals surface area contributed by atoms with Crippen LogP contribution in [-0.2, 0) is 0 Å². The van der Waals surface area contributed by atoms with Gasteiger partial charge >= 0.3 is 0 Å². The van der Waals surface area contributed by atoms with Gasteiger partial charge in [-0.25, -0.2) is 0 Å². The molecule has 2 N–H and O–H groups in total. The maximum atomic E-state index is 6.10. The Bertz CT molecular complexity index is 507. The molecule has 1 rings (SSSR count). The third-order valence-corrected chi connectivity index (χ3v) is 2.75. The van der Waals surface area contributed by atoms with Crippen LogP contribution in [0.2, 0.25) is 5.02 Å². The lowest BCUT2D eigenvalue weighted by Crippen LogP contribution is -2.36. The summed E-state index contributed by atoms with van der Waals surface area (Å²) in [7, 11) is 3.09. The molecule has 0 atom stereocenters. The molecule has 1 aromatic rings. The molecule has 0 bridgehead atoms. The largest absolute Gasteiger partial charge is 0.493 e. The molecular weight excluding hydrogens is 298 g/mol. The first-order chi connectivity index (χ1) is 9.47. The van der Waals surface area contributed by atoms with Gasteiger partial charge in [0.25, 0.3) is 0 Å². The number of benzene rings is 1. The second-order valence-corrected chi connectivity index (χ2v) is 5.05. The molecule has 1 aromatic carbocycles. The highest BCUT2D eigenvalue weighted by molar-refractivity contribution is 7.80. The molecule has 0 aliphatic heterocycles. The Morgan fingerprint density at radius 1 is 1.35 bits per heavy atom. The Morgan fingerprint density at radius 3 is 2.60 bits per heavy atom. The minimum atomic E-state index is 0.251. The van der Waals surface area contributed by atoms with Crippen molar-refractivity contribution in [3.05, 3.63) is 22.7 Å². The van der Waals surface area contributed by atoms with Crippen molar-refractivity contribution >= 4 is 35.1 Å². The van der Waals surface area contributed by atoms with Gasteiger partial charge in [-0.2, -0.15) is 5.10 Å². The maximum absolute atomic E-state index is 6.10. The number of hydrazone groups is 1. The van der Waals surface area contributed by atoms with Gasteiger partial charge in [0, 0.05) is 6.04 Å². The highest BCUT2D eigenvalue weighted by Gasteiger charge is 2.09. The number of hydrogen-bond donors (Lipinski definition) is 2. The molecule has 0 heterocycles. The van der Waals surface area contributed by atoms with Crippen molar-refractivity contribution < 1.29 is 9.47 Å². The van der Waals surface area contributed by atoms with E-state index in [1.54, 1.807) is 25.5 Å². The van der Waals surface area contributed by atoms with Gasteiger partial charge < -0.3 is 14.8 Å². The first-order valence-electron chi connectivity index (χ1n) is 5.99. The quantitative estimate of drug-likeness (QED) is 0.497. The third kappa shape index (κ3) is 4.86. The van der Waals surface area contributed by atoms with Crippen LogP contribution in [0.1, 0.15) is 19.4 Å². The maximum Gasteiger partial charge on any atom is 0.187 e. The standard InChI is InChI=1S/C13H18ClN3O2S/c1-8(2)16-13(20)17-15-7-9-5-10(14)12(19-4)11(6-9)18-3/h5-8H,1-4H3,(H2,16,17,20)/b15-7-. The Balaban J connectivity index is 2.78. The van der Waals surface area contributed by atoms with Crippen LogP contribution >= 0.6 is 23.8 Å². The van der Waals surface area contributed by atoms with Crippen molar-refractivity contribution in [2.45, 2.75) is 19.9 Å². The van der Waals surface area contributed by atoms with Gasteiger partial charge in [0.15, 0.2) is 16.6 Å². The minimum absolute atomic E-state index is 0.251. The molecule has 7 heteroatoms. The van der Waals surface area contributed by atoms with E-state index in [0.717, 1.165) is 5.56 Å². The summed E-state index contributed by atoms with van der Waals surface area (Å²) in [5, 5.41) is 7.97. The number of ether oxygens (including phenoxy) is 2. The summed E-state index contributed by atoms with van der Waals surface area (Å²) < 4.78 is 10.4. The zero-order valence-electron chi connectivity index (χ0n) is 11.9. The molecule has 0 radical (unpaired) electrons. The van der Waals surface area contributed by atoms with Crippen LogP contribution < -0.4 is 20.2 Å². The number of nitrogens with one attached hydrogen (secondary N) is 2. The van der Waals surface area contributed by atoms with Crippen molar-refractivity contribution in [3.8, 4) is 11.5 Å². The second-order valence-electron chi connectivity index (χ2n) is 4.24. The SMILES string of the molecule is COc1cc(/C=N\NC(=S)NC(C)C)cc(Cl)c1OC. The van der Waals surface area contributed by atoms with E-state index in [1.165, 1.54) is 7.11 Å². The van der Waals surface area contributed by atoms with E-state index in [-0.39, 0.29) is 6.04 Å². The van der Waals surface area contributed by atoms with Crippen LogP contribution in [0.3, 0.4) is 0 Å². The van der Waals surface area contributed by atoms with Crippen molar-refractivity contribution in [1.29, 1.82) is 0 Å². The molecule has 0 aliphatic carbocycles. The lowest BCUT2D eigenvalue weighted by molar-refractivity contribution is 0.355. The predicted octanol–water partition coefficient (Wildman–Crippen LogP) is 2.56. The second kappa shape index (κ2) is 7.91. The third-order valence-electron chi connectivity index (χ3n) is 2.26. The van der Waals surface area contributed by atoms with E-state index in [1.807, 2.05) is 13.8 Å².